The van der Waals surface area contributed by atoms with Crippen LogP contribution < -0.4 is 5.32 Å². The second-order valence-electron chi connectivity index (χ2n) is 4.18. The van der Waals surface area contributed by atoms with Gasteiger partial charge >= 0.3 is 0 Å². The quantitative estimate of drug-likeness (QED) is 0.852. The maximum atomic E-state index is 13.1. The van der Waals surface area contributed by atoms with Crippen molar-refractivity contribution in [1.82, 2.24) is 5.32 Å². The molecule has 1 N–H and O–H groups in total. The van der Waals surface area contributed by atoms with Crippen LogP contribution in [0.15, 0.2) is 41.8 Å². The fourth-order valence-corrected chi connectivity index (χ4v) is 2.61. The van der Waals surface area contributed by atoms with Crippen molar-refractivity contribution in [3.63, 3.8) is 0 Å². The zero-order valence-electron chi connectivity index (χ0n) is 9.98. The molecule has 1 heterocycles. The van der Waals surface area contributed by atoms with Gasteiger partial charge < -0.3 is 5.32 Å². The Labute approximate surface area is 105 Å². The van der Waals surface area contributed by atoms with Crippen molar-refractivity contribution in [1.29, 1.82) is 0 Å². The molecule has 0 spiro atoms. The molecule has 17 heavy (non-hydrogen) atoms. The van der Waals surface area contributed by atoms with E-state index in [0.29, 0.717) is 0 Å². The molecule has 2 atom stereocenters. The van der Waals surface area contributed by atoms with Crippen LogP contribution in [0.2, 0.25) is 0 Å². The van der Waals surface area contributed by atoms with Gasteiger partial charge in [0, 0.05) is 17.0 Å². The van der Waals surface area contributed by atoms with Gasteiger partial charge in [0.25, 0.3) is 0 Å². The highest BCUT2D eigenvalue weighted by molar-refractivity contribution is 7.10. The lowest BCUT2D eigenvalue weighted by atomic mass is 10.1. The summed E-state index contributed by atoms with van der Waals surface area (Å²) in [5.41, 5.74) is 0.980. The van der Waals surface area contributed by atoms with Crippen molar-refractivity contribution in [3.05, 3.63) is 58.0 Å². The van der Waals surface area contributed by atoms with E-state index < -0.39 is 0 Å². The first-order valence-corrected chi connectivity index (χ1v) is 6.59. The summed E-state index contributed by atoms with van der Waals surface area (Å²) in [7, 11) is 0. The Morgan fingerprint density at radius 2 is 1.94 bits per heavy atom. The van der Waals surface area contributed by atoms with Gasteiger partial charge in [0.15, 0.2) is 0 Å². The smallest absolute Gasteiger partial charge is 0.123 e. The number of thiophene rings is 1. The molecule has 2 aromatic rings. The Balaban J connectivity index is 2.04. The lowest BCUT2D eigenvalue weighted by Crippen LogP contribution is -2.21. The van der Waals surface area contributed by atoms with Gasteiger partial charge in [0.1, 0.15) is 5.82 Å². The summed E-state index contributed by atoms with van der Waals surface area (Å²) in [6.45, 7) is 4.18. The highest BCUT2D eigenvalue weighted by atomic mass is 32.1. The van der Waals surface area contributed by atoms with E-state index in [1.807, 2.05) is 12.1 Å². The van der Waals surface area contributed by atoms with Crippen LogP contribution in [-0.2, 0) is 0 Å². The third-order valence-electron chi connectivity index (χ3n) is 2.82. The topological polar surface area (TPSA) is 12.0 Å². The molecule has 0 aliphatic heterocycles. The molecule has 1 aromatic heterocycles. The van der Waals surface area contributed by atoms with Crippen molar-refractivity contribution < 1.29 is 4.39 Å². The van der Waals surface area contributed by atoms with Crippen LogP contribution in [0, 0.1) is 5.82 Å². The maximum Gasteiger partial charge on any atom is 0.123 e. The van der Waals surface area contributed by atoms with E-state index in [2.05, 4.69) is 30.6 Å². The third-order valence-corrected chi connectivity index (χ3v) is 3.87. The maximum absolute atomic E-state index is 13.1. The standard InChI is InChI=1S/C14H16FNS/c1-10(12-5-3-6-13(15)9-12)16-11(2)14-7-4-8-17-14/h3-11,16H,1-2H3/t10?,11-/m0/s1. The lowest BCUT2D eigenvalue weighted by molar-refractivity contribution is 0.497. The summed E-state index contributed by atoms with van der Waals surface area (Å²) in [4.78, 5) is 1.30. The Bertz CT molecular complexity index is 467. The van der Waals surface area contributed by atoms with Crippen LogP contribution in [0.4, 0.5) is 4.39 Å². The lowest BCUT2D eigenvalue weighted by Gasteiger charge is -2.19. The number of nitrogens with one attached hydrogen (secondary N) is 1. The molecule has 0 radical (unpaired) electrons. The van der Waals surface area contributed by atoms with Crippen molar-refractivity contribution in [2.45, 2.75) is 25.9 Å². The first-order chi connectivity index (χ1) is 8.16. The van der Waals surface area contributed by atoms with Crippen molar-refractivity contribution >= 4 is 11.3 Å². The van der Waals surface area contributed by atoms with Gasteiger partial charge in [-0.2, -0.15) is 0 Å². The molecular formula is C14H16FNS. The molecular weight excluding hydrogens is 233 g/mol. The van der Waals surface area contributed by atoms with E-state index in [-0.39, 0.29) is 17.9 Å². The van der Waals surface area contributed by atoms with Gasteiger partial charge in [0.05, 0.1) is 0 Å². The van der Waals surface area contributed by atoms with Crippen LogP contribution in [0.5, 0.6) is 0 Å². The summed E-state index contributed by atoms with van der Waals surface area (Å²) < 4.78 is 13.1. The molecule has 1 nitrogen and oxygen atoms in total. The predicted molar refractivity (Wildman–Crippen MR) is 70.7 cm³/mol. The van der Waals surface area contributed by atoms with Crippen LogP contribution >= 0.6 is 11.3 Å². The van der Waals surface area contributed by atoms with Gasteiger partial charge in [0.2, 0.25) is 0 Å². The van der Waals surface area contributed by atoms with E-state index >= 15 is 0 Å². The average molecular weight is 249 g/mol. The first kappa shape index (κ1) is 12.3. The molecule has 1 aromatic carbocycles. The molecule has 90 valence electrons. The Morgan fingerprint density at radius 1 is 1.12 bits per heavy atom. The summed E-state index contributed by atoms with van der Waals surface area (Å²) in [6.07, 6.45) is 0. The van der Waals surface area contributed by atoms with Crippen LogP contribution in [0.3, 0.4) is 0 Å². The van der Waals surface area contributed by atoms with Crippen LogP contribution in [0.1, 0.15) is 36.4 Å². The van der Waals surface area contributed by atoms with E-state index in [4.69, 9.17) is 0 Å². The molecule has 0 aliphatic rings. The van der Waals surface area contributed by atoms with Crippen molar-refractivity contribution in [2.75, 3.05) is 0 Å². The molecule has 0 amide bonds. The van der Waals surface area contributed by atoms with E-state index in [9.17, 15) is 4.39 Å². The Hall–Kier alpha value is -1.19. The van der Waals surface area contributed by atoms with Gasteiger partial charge in [-0.15, -0.1) is 11.3 Å². The van der Waals surface area contributed by atoms with Gasteiger partial charge in [-0.1, -0.05) is 18.2 Å². The van der Waals surface area contributed by atoms with Crippen LogP contribution in [-0.4, -0.2) is 0 Å². The average Bonchev–Trinajstić information content (AvgIpc) is 2.82. The molecule has 0 saturated carbocycles. The van der Waals surface area contributed by atoms with Gasteiger partial charge in [-0.3, -0.25) is 0 Å². The van der Waals surface area contributed by atoms with Gasteiger partial charge in [-0.25, -0.2) is 4.39 Å². The highest BCUT2D eigenvalue weighted by Crippen LogP contribution is 2.22. The molecule has 2 rings (SSSR count). The summed E-state index contributed by atoms with van der Waals surface area (Å²) in [5.74, 6) is -0.181. The van der Waals surface area contributed by atoms with Crippen molar-refractivity contribution in [3.8, 4) is 0 Å². The monoisotopic (exact) mass is 249 g/mol. The number of halogens is 1. The molecule has 3 heteroatoms. The minimum atomic E-state index is -0.181. The van der Waals surface area contributed by atoms with E-state index in [1.54, 1.807) is 23.5 Å². The summed E-state index contributed by atoms with van der Waals surface area (Å²) in [5, 5.41) is 5.54. The van der Waals surface area contributed by atoms with Crippen LogP contribution in [0.25, 0.3) is 0 Å². The Kier molecular flexibility index (Phi) is 3.92. The fourth-order valence-electron chi connectivity index (χ4n) is 1.87. The normalized spacial score (nSPS) is 14.5. The number of hydrogen-bond donors (Lipinski definition) is 1. The number of hydrogen-bond acceptors (Lipinski definition) is 2. The van der Waals surface area contributed by atoms with Gasteiger partial charge in [-0.05, 0) is 43.0 Å². The largest absolute Gasteiger partial charge is 0.303 e. The molecule has 0 fully saturated rings. The summed E-state index contributed by atoms with van der Waals surface area (Å²) >= 11 is 1.73. The molecule has 0 bridgehead atoms. The zero-order chi connectivity index (χ0) is 12.3. The minimum absolute atomic E-state index is 0.141. The van der Waals surface area contributed by atoms with E-state index in [0.717, 1.165) is 5.56 Å². The minimum Gasteiger partial charge on any atom is -0.303 e. The third kappa shape index (κ3) is 3.14. The molecule has 0 saturated heterocycles. The molecule has 0 aliphatic carbocycles. The Morgan fingerprint density at radius 3 is 2.59 bits per heavy atom. The predicted octanol–water partition coefficient (Wildman–Crippen LogP) is 4.30. The zero-order valence-corrected chi connectivity index (χ0v) is 10.8. The highest BCUT2D eigenvalue weighted by Gasteiger charge is 2.11. The number of benzene rings is 1. The second-order valence-corrected chi connectivity index (χ2v) is 5.16. The first-order valence-electron chi connectivity index (χ1n) is 5.71. The summed E-state index contributed by atoms with van der Waals surface area (Å²) in [6, 6.07) is 11.3. The molecule has 1 unspecified atom stereocenters. The SMILES string of the molecule is CC(N[C@@H](C)c1cccs1)c1cccc(F)c1. The second kappa shape index (κ2) is 5.43. The van der Waals surface area contributed by atoms with Crippen molar-refractivity contribution in [2.24, 2.45) is 0 Å². The number of rotatable bonds is 4. The van der Waals surface area contributed by atoms with E-state index in [1.165, 1.54) is 10.9 Å². The fraction of sp³-hybridized carbons (Fsp3) is 0.286.